The lowest BCUT2D eigenvalue weighted by molar-refractivity contribution is -0.143. The first-order valence-corrected chi connectivity index (χ1v) is 12.5. The van der Waals surface area contributed by atoms with Gasteiger partial charge in [-0.05, 0) is 67.6 Å². The Hall–Kier alpha value is -2.61. The van der Waals surface area contributed by atoms with Crippen LogP contribution in [-0.4, -0.2) is 60.3 Å². The zero-order valence-corrected chi connectivity index (χ0v) is 22.7. The number of halogens is 1. The number of nitrogens with zero attached hydrogens (tertiary/aromatic N) is 4. The Morgan fingerprint density at radius 1 is 1.25 bits per heavy atom. The van der Waals surface area contributed by atoms with E-state index in [9.17, 15) is 14.4 Å². The largest absolute Gasteiger partial charge is 0.342 e. The standard InChI is InChI=1S/C26H38N6O3.ClH/c1-16(28-5)24(34)29-23(26(2,3)4)25(35)32-15-19(30-31-27)14-21(32)22(33)13-18-11-8-10-17-9-6-7-12-20(17)18;/h6-7,9,12,16,18-19,21,23,28H,8,10-11,13-15H2,1-5H3,(H,29,34);1H/t16-,18-,19-,21-,23+;/m0./s1. The summed E-state index contributed by atoms with van der Waals surface area (Å²) in [5.74, 6) is -0.490. The van der Waals surface area contributed by atoms with E-state index < -0.39 is 29.6 Å². The van der Waals surface area contributed by atoms with Crippen LogP contribution in [0.25, 0.3) is 10.4 Å². The molecular formula is C26H39ClN6O3. The molecule has 198 valence electrons. The Morgan fingerprint density at radius 2 is 1.94 bits per heavy atom. The average Bonchev–Trinajstić information content (AvgIpc) is 3.25. The van der Waals surface area contributed by atoms with Gasteiger partial charge in [-0.1, -0.05) is 50.2 Å². The monoisotopic (exact) mass is 518 g/mol. The molecule has 1 aromatic carbocycles. The van der Waals surface area contributed by atoms with E-state index in [1.54, 1.807) is 14.0 Å². The smallest absolute Gasteiger partial charge is 0.246 e. The second-order valence-corrected chi connectivity index (χ2v) is 10.9. The summed E-state index contributed by atoms with van der Waals surface area (Å²) in [7, 11) is 1.68. The molecule has 1 saturated heterocycles. The predicted molar refractivity (Wildman–Crippen MR) is 142 cm³/mol. The molecule has 0 radical (unpaired) electrons. The van der Waals surface area contributed by atoms with Gasteiger partial charge in [-0.15, -0.1) is 12.4 Å². The van der Waals surface area contributed by atoms with Gasteiger partial charge < -0.3 is 15.5 Å². The summed E-state index contributed by atoms with van der Waals surface area (Å²) in [5.41, 5.74) is 10.9. The lowest BCUT2D eigenvalue weighted by Crippen LogP contribution is -2.59. The van der Waals surface area contributed by atoms with E-state index in [1.165, 1.54) is 16.0 Å². The number of aryl methyl sites for hydroxylation is 1. The van der Waals surface area contributed by atoms with Crippen LogP contribution in [0.15, 0.2) is 29.4 Å². The van der Waals surface area contributed by atoms with E-state index in [0.717, 1.165) is 19.3 Å². The van der Waals surface area contributed by atoms with Crippen molar-refractivity contribution in [3.05, 3.63) is 45.8 Å². The second kappa shape index (κ2) is 12.6. The van der Waals surface area contributed by atoms with Crippen LogP contribution in [0.4, 0.5) is 0 Å². The third kappa shape index (κ3) is 6.78. The Labute approximate surface area is 219 Å². The van der Waals surface area contributed by atoms with Gasteiger partial charge in [0.15, 0.2) is 5.78 Å². The minimum atomic E-state index is -0.818. The number of likely N-dealkylation sites (tertiary alicyclic amines) is 1. The van der Waals surface area contributed by atoms with Crippen LogP contribution in [0.5, 0.6) is 0 Å². The van der Waals surface area contributed by atoms with Crippen LogP contribution < -0.4 is 10.6 Å². The number of likely N-dealkylation sites (N-methyl/N-ethyl adjacent to an activating group) is 1. The van der Waals surface area contributed by atoms with E-state index in [-0.39, 0.29) is 42.5 Å². The number of benzene rings is 1. The number of hydrogen-bond acceptors (Lipinski definition) is 5. The number of fused-ring (bicyclic) bond motifs is 1. The molecule has 2 N–H and O–H groups in total. The first-order valence-electron chi connectivity index (χ1n) is 12.5. The first-order chi connectivity index (χ1) is 16.6. The maximum absolute atomic E-state index is 13.8. The number of amides is 2. The molecule has 0 bridgehead atoms. The van der Waals surface area contributed by atoms with Crippen molar-refractivity contribution in [3.63, 3.8) is 0 Å². The van der Waals surface area contributed by atoms with E-state index in [2.05, 4.69) is 32.8 Å². The van der Waals surface area contributed by atoms with E-state index in [0.29, 0.717) is 12.8 Å². The number of carbonyl (C=O) groups excluding carboxylic acids is 3. The molecule has 0 aromatic heterocycles. The molecule has 1 fully saturated rings. The van der Waals surface area contributed by atoms with Crippen molar-refractivity contribution in [2.24, 2.45) is 10.5 Å². The maximum Gasteiger partial charge on any atom is 0.246 e. The first kappa shape index (κ1) is 29.6. The Kier molecular flexibility index (Phi) is 10.3. The zero-order valence-electron chi connectivity index (χ0n) is 21.9. The van der Waals surface area contributed by atoms with Crippen LogP contribution in [0, 0.1) is 5.41 Å². The molecule has 5 atom stereocenters. The Balaban J connectivity index is 0.00000456. The maximum atomic E-state index is 13.8. The van der Waals surface area contributed by atoms with Crippen molar-refractivity contribution in [1.29, 1.82) is 0 Å². The molecule has 36 heavy (non-hydrogen) atoms. The third-order valence-electron chi connectivity index (χ3n) is 7.32. The lowest BCUT2D eigenvalue weighted by Gasteiger charge is -2.36. The summed E-state index contributed by atoms with van der Waals surface area (Å²) >= 11 is 0. The van der Waals surface area contributed by atoms with Gasteiger partial charge in [0, 0.05) is 17.9 Å². The highest BCUT2D eigenvalue weighted by atomic mass is 35.5. The highest BCUT2D eigenvalue weighted by Crippen LogP contribution is 2.36. The SMILES string of the molecule is CN[C@@H](C)C(=O)N[C@H](C(=O)N1C[C@@H](N=[N+]=[N-])C[C@H]1C(=O)C[C@@H]1CCCc2ccccc21)C(C)(C)C.Cl. The van der Waals surface area contributed by atoms with Gasteiger partial charge in [0.05, 0.1) is 18.1 Å². The normalized spacial score (nSPS) is 22.9. The molecule has 3 rings (SSSR count). The molecule has 2 aliphatic rings. The second-order valence-electron chi connectivity index (χ2n) is 10.9. The molecule has 10 heteroatoms. The number of azide groups is 1. The van der Waals surface area contributed by atoms with E-state index >= 15 is 0 Å². The zero-order chi connectivity index (χ0) is 25.8. The van der Waals surface area contributed by atoms with Crippen LogP contribution in [0.3, 0.4) is 0 Å². The van der Waals surface area contributed by atoms with Gasteiger partial charge >= 0.3 is 0 Å². The predicted octanol–water partition coefficient (Wildman–Crippen LogP) is 3.91. The van der Waals surface area contributed by atoms with E-state index in [4.69, 9.17) is 5.53 Å². The Bertz CT molecular complexity index is 1000. The summed E-state index contributed by atoms with van der Waals surface area (Å²) in [6.07, 6.45) is 3.64. The fraction of sp³-hybridized carbons (Fsp3) is 0.654. The van der Waals surface area contributed by atoms with Crippen LogP contribution >= 0.6 is 12.4 Å². The molecule has 1 aliphatic carbocycles. The van der Waals surface area contributed by atoms with Crippen molar-refractivity contribution in [1.82, 2.24) is 15.5 Å². The lowest BCUT2D eigenvalue weighted by atomic mass is 9.79. The van der Waals surface area contributed by atoms with Crippen molar-refractivity contribution in [3.8, 4) is 0 Å². The molecule has 0 unspecified atom stereocenters. The Morgan fingerprint density at radius 3 is 2.58 bits per heavy atom. The summed E-state index contributed by atoms with van der Waals surface area (Å²) in [4.78, 5) is 44.5. The quantitative estimate of drug-likeness (QED) is 0.307. The number of nitrogens with one attached hydrogen (secondary N) is 2. The highest BCUT2D eigenvalue weighted by Gasteiger charge is 2.45. The van der Waals surface area contributed by atoms with Crippen LogP contribution in [0.2, 0.25) is 0 Å². The van der Waals surface area contributed by atoms with Gasteiger partial charge in [-0.25, -0.2) is 0 Å². The molecule has 0 spiro atoms. The highest BCUT2D eigenvalue weighted by molar-refractivity contribution is 5.95. The topological polar surface area (TPSA) is 127 Å². The summed E-state index contributed by atoms with van der Waals surface area (Å²) < 4.78 is 0. The van der Waals surface area contributed by atoms with Gasteiger partial charge in [0.2, 0.25) is 11.8 Å². The number of ketones is 1. The minimum absolute atomic E-state index is 0. The van der Waals surface area contributed by atoms with Crippen LogP contribution in [-0.2, 0) is 20.8 Å². The molecule has 1 aromatic rings. The molecule has 9 nitrogen and oxygen atoms in total. The fourth-order valence-electron chi connectivity index (χ4n) is 5.18. The average molecular weight is 519 g/mol. The molecule has 1 aliphatic heterocycles. The molecule has 2 amide bonds. The van der Waals surface area contributed by atoms with Gasteiger partial charge in [-0.3, -0.25) is 14.4 Å². The summed E-state index contributed by atoms with van der Waals surface area (Å²) in [6.45, 7) is 7.55. The molecular weight excluding hydrogens is 480 g/mol. The van der Waals surface area contributed by atoms with Crippen molar-refractivity contribution in [2.45, 2.75) is 89.9 Å². The number of rotatable bonds is 8. The number of carbonyl (C=O) groups is 3. The van der Waals surface area contributed by atoms with Gasteiger partial charge in [0.1, 0.15) is 6.04 Å². The summed E-state index contributed by atoms with van der Waals surface area (Å²) in [5, 5.41) is 9.60. The molecule has 0 saturated carbocycles. The minimum Gasteiger partial charge on any atom is -0.342 e. The van der Waals surface area contributed by atoms with Crippen molar-refractivity contribution in [2.75, 3.05) is 13.6 Å². The summed E-state index contributed by atoms with van der Waals surface area (Å²) in [6, 6.07) is 5.83. The van der Waals surface area contributed by atoms with E-state index in [1.807, 2.05) is 32.9 Å². The number of Topliss-reactive ketones (excluding diaryl/α,β-unsaturated/α-hetero) is 1. The van der Waals surface area contributed by atoms with Crippen molar-refractivity contribution >= 4 is 30.0 Å². The number of hydrogen-bond donors (Lipinski definition) is 2. The van der Waals surface area contributed by atoms with Gasteiger partial charge in [-0.2, -0.15) is 0 Å². The van der Waals surface area contributed by atoms with Crippen molar-refractivity contribution < 1.29 is 14.4 Å². The van der Waals surface area contributed by atoms with Crippen LogP contribution in [0.1, 0.15) is 70.4 Å². The van der Waals surface area contributed by atoms with Gasteiger partial charge in [0.25, 0.3) is 0 Å². The third-order valence-corrected chi connectivity index (χ3v) is 7.32. The molecule has 1 heterocycles. The fourth-order valence-corrected chi connectivity index (χ4v) is 5.18.